The van der Waals surface area contributed by atoms with E-state index in [1.54, 1.807) is 7.11 Å². The number of carbonyl (C=O) groups is 1. The number of hydrogen-bond donors (Lipinski definition) is 1. The second-order valence-corrected chi connectivity index (χ2v) is 5.17. The summed E-state index contributed by atoms with van der Waals surface area (Å²) in [6, 6.07) is 0. The molecule has 1 aromatic heterocycles. The largest absolute Gasteiger partial charge is 0.481 e. The maximum Gasteiger partial charge on any atom is 0.307 e. The molecule has 1 saturated carbocycles. The molecule has 0 aromatic carbocycles. The van der Waals surface area contributed by atoms with Gasteiger partial charge in [-0.3, -0.25) is 4.79 Å². The molecule has 5 heteroatoms. The minimum absolute atomic E-state index is 0.0298. The smallest absolute Gasteiger partial charge is 0.307 e. The van der Waals surface area contributed by atoms with Gasteiger partial charge in [0.15, 0.2) is 5.82 Å². The molecule has 1 heterocycles. The molecule has 0 unspecified atom stereocenters. The molecule has 0 spiro atoms. The van der Waals surface area contributed by atoms with Crippen LogP contribution in [0.3, 0.4) is 0 Å². The van der Waals surface area contributed by atoms with E-state index in [9.17, 15) is 4.79 Å². The maximum absolute atomic E-state index is 10.9. The van der Waals surface area contributed by atoms with E-state index < -0.39 is 5.97 Å². The molecule has 1 aromatic rings. The van der Waals surface area contributed by atoms with Gasteiger partial charge in [0.2, 0.25) is 0 Å². The van der Waals surface area contributed by atoms with E-state index >= 15 is 0 Å². The van der Waals surface area contributed by atoms with E-state index in [1.165, 1.54) is 0 Å². The molecule has 19 heavy (non-hydrogen) atoms. The molecule has 1 fully saturated rings. The van der Waals surface area contributed by atoms with E-state index in [-0.39, 0.29) is 12.0 Å². The Morgan fingerprint density at radius 1 is 1.26 bits per heavy atom. The van der Waals surface area contributed by atoms with Crippen LogP contribution in [0.5, 0.6) is 0 Å². The number of rotatable bonds is 4. The summed E-state index contributed by atoms with van der Waals surface area (Å²) >= 11 is 0. The lowest BCUT2D eigenvalue weighted by Crippen LogP contribution is -2.28. The van der Waals surface area contributed by atoms with Crippen molar-refractivity contribution in [2.45, 2.75) is 51.6 Å². The summed E-state index contributed by atoms with van der Waals surface area (Å²) in [5, 5.41) is 8.91. The van der Waals surface area contributed by atoms with Crippen molar-refractivity contribution < 1.29 is 14.6 Å². The highest BCUT2D eigenvalue weighted by Gasteiger charge is 2.39. The standard InChI is InChI=1S/C14H20N2O3/c1-9-11(8-12(17)18)10(2)16-13(15-9)14(19-3)6-4-5-7-14/h4-8H2,1-3H3,(H,17,18). The van der Waals surface area contributed by atoms with Crippen molar-refractivity contribution in [2.75, 3.05) is 7.11 Å². The normalized spacial score (nSPS) is 17.6. The van der Waals surface area contributed by atoms with Crippen LogP contribution in [0.4, 0.5) is 0 Å². The Hall–Kier alpha value is -1.49. The van der Waals surface area contributed by atoms with Gasteiger partial charge in [0, 0.05) is 24.1 Å². The first-order chi connectivity index (χ1) is 8.98. The van der Waals surface area contributed by atoms with Crippen LogP contribution in [0.25, 0.3) is 0 Å². The Bertz CT molecular complexity index is 470. The summed E-state index contributed by atoms with van der Waals surface area (Å²) in [5.41, 5.74) is 1.82. The third-order valence-electron chi connectivity index (χ3n) is 3.96. The molecule has 5 nitrogen and oxygen atoms in total. The van der Waals surface area contributed by atoms with Crippen LogP contribution in [-0.2, 0) is 21.6 Å². The monoisotopic (exact) mass is 264 g/mol. The highest BCUT2D eigenvalue weighted by atomic mass is 16.5. The van der Waals surface area contributed by atoms with Crippen LogP contribution in [0, 0.1) is 13.8 Å². The molecule has 1 aliphatic carbocycles. The summed E-state index contributed by atoms with van der Waals surface area (Å²) in [6.07, 6.45) is 4.07. The van der Waals surface area contributed by atoms with Crippen LogP contribution < -0.4 is 0 Å². The molecule has 1 aliphatic rings. The number of hydrogen-bond acceptors (Lipinski definition) is 4. The lowest BCUT2D eigenvalue weighted by atomic mass is 9.99. The maximum atomic E-state index is 10.9. The van der Waals surface area contributed by atoms with Crippen molar-refractivity contribution in [3.63, 3.8) is 0 Å². The molecule has 2 rings (SSSR count). The van der Waals surface area contributed by atoms with E-state index in [1.807, 2.05) is 13.8 Å². The van der Waals surface area contributed by atoms with Gasteiger partial charge in [-0.15, -0.1) is 0 Å². The van der Waals surface area contributed by atoms with Crippen LogP contribution in [0.2, 0.25) is 0 Å². The summed E-state index contributed by atoms with van der Waals surface area (Å²) in [4.78, 5) is 19.9. The predicted molar refractivity (Wildman–Crippen MR) is 70.0 cm³/mol. The zero-order valence-electron chi connectivity index (χ0n) is 11.7. The average Bonchev–Trinajstić information content (AvgIpc) is 2.83. The van der Waals surface area contributed by atoms with E-state index in [0.29, 0.717) is 11.4 Å². The van der Waals surface area contributed by atoms with Gasteiger partial charge >= 0.3 is 5.97 Å². The summed E-state index contributed by atoms with van der Waals surface area (Å²) in [6.45, 7) is 3.68. The fraction of sp³-hybridized carbons (Fsp3) is 0.643. The van der Waals surface area contributed by atoms with E-state index in [4.69, 9.17) is 9.84 Å². The lowest BCUT2D eigenvalue weighted by Gasteiger charge is -2.26. The average molecular weight is 264 g/mol. The van der Waals surface area contributed by atoms with Crippen molar-refractivity contribution in [3.05, 3.63) is 22.8 Å². The fourth-order valence-electron chi connectivity index (χ4n) is 2.82. The van der Waals surface area contributed by atoms with Crippen molar-refractivity contribution in [2.24, 2.45) is 0 Å². The number of aliphatic carboxylic acids is 1. The number of carboxylic acid groups (broad SMARTS) is 1. The van der Waals surface area contributed by atoms with Crippen LogP contribution in [0.1, 0.15) is 48.5 Å². The Balaban J connectivity index is 2.41. The summed E-state index contributed by atoms with van der Waals surface area (Å²) < 4.78 is 5.67. The molecule has 0 atom stereocenters. The Morgan fingerprint density at radius 3 is 2.21 bits per heavy atom. The minimum atomic E-state index is -0.857. The second-order valence-electron chi connectivity index (χ2n) is 5.17. The van der Waals surface area contributed by atoms with Crippen LogP contribution in [-0.4, -0.2) is 28.2 Å². The first-order valence-corrected chi connectivity index (χ1v) is 6.60. The third-order valence-corrected chi connectivity index (χ3v) is 3.96. The molecule has 1 N–H and O–H groups in total. The lowest BCUT2D eigenvalue weighted by molar-refractivity contribution is -0.136. The Kier molecular flexibility index (Phi) is 3.85. The predicted octanol–water partition coefficient (Wildman–Crippen LogP) is 2.14. The number of nitrogens with zero attached hydrogens (tertiary/aromatic N) is 2. The third kappa shape index (κ3) is 2.61. The van der Waals surface area contributed by atoms with E-state index in [2.05, 4.69) is 9.97 Å². The highest BCUT2D eigenvalue weighted by molar-refractivity contribution is 5.70. The van der Waals surface area contributed by atoms with Gasteiger partial charge in [0.25, 0.3) is 0 Å². The van der Waals surface area contributed by atoms with Crippen molar-refractivity contribution >= 4 is 5.97 Å². The van der Waals surface area contributed by atoms with Crippen LogP contribution in [0.15, 0.2) is 0 Å². The van der Waals surface area contributed by atoms with Gasteiger partial charge in [-0.1, -0.05) is 0 Å². The molecular weight excluding hydrogens is 244 g/mol. The Morgan fingerprint density at radius 2 is 1.79 bits per heavy atom. The van der Waals surface area contributed by atoms with Gasteiger partial charge in [-0.2, -0.15) is 0 Å². The molecule has 0 aliphatic heterocycles. The van der Waals surface area contributed by atoms with E-state index in [0.717, 1.165) is 37.1 Å². The molecule has 0 amide bonds. The number of ether oxygens (including phenoxy) is 1. The zero-order valence-corrected chi connectivity index (χ0v) is 11.7. The topological polar surface area (TPSA) is 72.3 Å². The van der Waals surface area contributed by atoms with Crippen molar-refractivity contribution in [1.29, 1.82) is 0 Å². The van der Waals surface area contributed by atoms with Gasteiger partial charge < -0.3 is 9.84 Å². The number of aromatic nitrogens is 2. The van der Waals surface area contributed by atoms with Gasteiger partial charge in [0.05, 0.1) is 6.42 Å². The van der Waals surface area contributed by atoms with Gasteiger partial charge in [0.1, 0.15) is 5.60 Å². The first-order valence-electron chi connectivity index (χ1n) is 6.60. The molecule has 0 saturated heterocycles. The fourth-order valence-corrected chi connectivity index (χ4v) is 2.82. The van der Waals surface area contributed by atoms with Gasteiger partial charge in [-0.25, -0.2) is 9.97 Å². The molecule has 104 valence electrons. The van der Waals surface area contributed by atoms with Gasteiger partial charge in [-0.05, 0) is 39.5 Å². The summed E-state index contributed by atoms with van der Waals surface area (Å²) in [5.74, 6) is -0.151. The first kappa shape index (κ1) is 13.9. The Labute approximate surface area is 113 Å². The molecule has 0 bridgehead atoms. The highest BCUT2D eigenvalue weighted by Crippen LogP contribution is 2.40. The van der Waals surface area contributed by atoms with Crippen LogP contribution >= 0.6 is 0 Å². The zero-order chi connectivity index (χ0) is 14.0. The second kappa shape index (κ2) is 5.25. The molecular formula is C14H20N2O3. The van der Waals surface area contributed by atoms with Crippen molar-refractivity contribution in [3.8, 4) is 0 Å². The SMILES string of the molecule is COC1(c2nc(C)c(CC(=O)O)c(C)n2)CCCC1. The number of aryl methyl sites for hydroxylation is 2. The number of methoxy groups -OCH3 is 1. The quantitative estimate of drug-likeness (QED) is 0.902. The van der Waals surface area contributed by atoms with Crippen molar-refractivity contribution in [1.82, 2.24) is 9.97 Å². The molecule has 0 radical (unpaired) electrons. The minimum Gasteiger partial charge on any atom is -0.481 e. The summed E-state index contributed by atoms with van der Waals surface area (Å²) in [7, 11) is 1.70. The number of carboxylic acids is 1.